The van der Waals surface area contributed by atoms with E-state index in [2.05, 4.69) is 10.2 Å². The summed E-state index contributed by atoms with van der Waals surface area (Å²) in [6, 6.07) is 14.8. The number of nitrogens with zero attached hydrogens (tertiary/aromatic N) is 2. The molecule has 0 radical (unpaired) electrons. The summed E-state index contributed by atoms with van der Waals surface area (Å²) in [5, 5.41) is 2.84. The van der Waals surface area contributed by atoms with E-state index in [1.807, 2.05) is 48.5 Å². The number of hydrogen-bond acceptors (Lipinski definition) is 5. The number of hydrogen-bond donors (Lipinski definition) is 1. The number of carbonyl (C=O) groups is 2. The number of likely N-dealkylation sites (tertiary alicyclic amines) is 1. The smallest absolute Gasteiger partial charge is 0.325 e. The van der Waals surface area contributed by atoms with Crippen LogP contribution in [0.25, 0.3) is 0 Å². The van der Waals surface area contributed by atoms with Crippen molar-refractivity contribution in [1.82, 2.24) is 15.1 Å². The molecular formula is C23H27N3O4. The fraction of sp³-hybridized carbons (Fsp3) is 0.391. The molecule has 158 valence electrons. The molecule has 0 bridgehead atoms. The van der Waals surface area contributed by atoms with Gasteiger partial charge in [-0.05, 0) is 24.5 Å². The van der Waals surface area contributed by atoms with Gasteiger partial charge in [0.1, 0.15) is 17.5 Å². The number of benzene rings is 2. The lowest BCUT2D eigenvalue weighted by Crippen LogP contribution is -2.42. The summed E-state index contributed by atoms with van der Waals surface area (Å²) in [5.74, 6) is 1.32. The van der Waals surface area contributed by atoms with Crippen LogP contribution in [0.5, 0.6) is 11.5 Å². The lowest BCUT2D eigenvalue weighted by molar-refractivity contribution is -0.129. The lowest BCUT2D eigenvalue weighted by Gasteiger charge is -2.29. The third-order valence-electron chi connectivity index (χ3n) is 5.88. The van der Waals surface area contributed by atoms with Crippen LogP contribution in [0, 0.1) is 0 Å². The summed E-state index contributed by atoms with van der Waals surface area (Å²) in [6.07, 6.45) is 2.44. The molecule has 7 nitrogen and oxygen atoms in total. The monoisotopic (exact) mass is 409 g/mol. The van der Waals surface area contributed by atoms with Crippen LogP contribution in [-0.2, 0) is 11.2 Å². The normalized spacial score (nSPS) is 21.7. The van der Waals surface area contributed by atoms with Gasteiger partial charge in [-0.2, -0.15) is 0 Å². The minimum absolute atomic E-state index is 0.0830. The van der Waals surface area contributed by atoms with Gasteiger partial charge in [-0.25, -0.2) is 9.69 Å². The van der Waals surface area contributed by atoms with E-state index < -0.39 is 6.04 Å². The Bertz CT molecular complexity index is 918. The number of rotatable bonds is 7. The molecule has 2 aromatic carbocycles. The maximum Gasteiger partial charge on any atom is 0.325 e. The van der Waals surface area contributed by atoms with Gasteiger partial charge in [0.25, 0.3) is 5.91 Å². The van der Waals surface area contributed by atoms with Crippen molar-refractivity contribution in [3.05, 3.63) is 59.7 Å². The standard InChI is InChI=1S/C23H27N3O4/c1-29-17-10-11-18(21(14-17)30-2)20-9-6-12-25(20)15-26-22(27)19(24-23(26)28)13-16-7-4-3-5-8-16/h3-5,7-8,10-11,14,19-20H,6,9,12-13,15H2,1-2H3,(H,24,28). The molecule has 2 aromatic rings. The van der Waals surface area contributed by atoms with Crippen molar-refractivity contribution >= 4 is 11.9 Å². The van der Waals surface area contributed by atoms with E-state index >= 15 is 0 Å². The highest BCUT2D eigenvalue weighted by Gasteiger charge is 2.40. The largest absolute Gasteiger partial charge is 0.497 e. The molecular weight excluding hydrogens is 382 g/mol. The van der Waals surface area contributed by atoms with E-state index in [1.165, 1.54) is 4.90 Å². The Balaban J connectivity index is 1.48. The first-order valence-corrected chi connectivity index (χ1v) is 10.2. The van der Waals surface area contributed by atoms with Crippen LogP contribution in [0.4, 0.5) is 4.79 Å². The molecule has 7 heteroatoms. The van der Waals surface area contributed by atoms with Crippen molar-refractivity contribution in [2.75, 3.05) is 27.4 Å². The van der Waals surface area contributed by atoms with Gasteiger partial charge in [0.05, 0.1) is 20.9 Å². The molecule has 2 heterocycles. The van der Waals surface area contributed by atoms with E-state index in [1.54, 1.807) is 14.2 Å². The third kappa shape index (κ3) is 3.98. The molecule has 0 aromatic heterocycles. The molecule has 2 atom stereocenters. The van der Waals surface area contributed by atoms with Crippen molar-refractivity contribution < 1.29 is 19.1 Å². The van der Waals surface area contributed by atoms with Crippen LogP contribution < -0.4 is 14.8 Å². The SMILES string of the molecule is COc1ccc(C2CCCN2CN2C(=O)NC(Cc3ccccc3)C2=O)c(OC)c1. The van der Waals surface area contributed by atoms with Crippen molar-refractivity contribution in [3.63, 3.8) is 0 Å². The van der Waals surface area contributed by atoms with Crippen LogP contribution in [0.2, 0.25) is 0 Å². The van der Waals surface area contributed by atoms with Gasteiger partial charge in [-0.3, -0.25) is 9.69 Å². The summed E-state index contributed by atoms with van der Waals surface area (Å²) < 4.78 is 10.9. The Kier molecular flexibility index (Phi) is 5.90. The zero-order chi connectivity index (χ0) is 21.1. The average Bonchev–Trinajstić information content (AvgIpc) is 3.34. The Labute approximate surface area is 176 Å². The summed E-state index contributed by atoms with van der Waals surface area (Å²) in [5.41, 5.74) is 2.07. The number of carbonyl (C=O) groups excluding carboxylic acids is 2. The van der Waals surface area contributed by atoms with Crippen LogP contribution >= 0.6 is 0 Å². The molecule has 3 amide bonds. The fourth-order valence-electron chi connectivity index (χ4n) is 4.32. The first-order chi connectivity index (χ1) is 14.6. The Morgan fingerprint density at radius 1 is 1.07 bits per heavy atom. The van der Waals surface area contributed by atoms with Gasteiger partial charge in [-0.1, -0.05) is 36.4 Å². The Morgan fingerprint density at radius 2 is 1.87 bits per heavy atom. The van der Waals surface area contributed by atoms with Gasteiger partial charge in [-0.15, -0.1) is 0 Å². The average molecular weight is 409 g/mol. The van der Waals surface area contributed by atoms with Crippen LogP contribution in [0.3, 0.4) is 0 Å². The molecule has 2 fully saturated rings. The molecule has 2 aliphatic heterocycles. The molecule has 1 N–H and O–H groups in total. The zero-order valence-electron chi connectivity index (χ0n) is 17.3. The summed E-state index contributed by atoms with van der Waals surface area (Å²) in [4.78, 5) is 29.0. The van der Waals surface area contributed by atoms with E-state index in [0.717, 1.165) is 42.0 Å². The number of nitrogens with one attached hydrogen (secondary N) is 1. The predicted molar refractivity (Wildman–Crippen MR) is 112 cm³/mol. The number of methoxy groups -OCH3 is 2. The topological polar surface area (TPSA) is 71.1 Å². The summed E-state index contributed by atoms with van der Waals surface area (Å²) in [6.45, 7) is 1.09. The van der Waals surface area contributed by atoms with Gasteiger partial charge >= 0.3 is 6.03 Å². The second-order valence-electron chi connectivity index (χ2n) is 7.68. The molecule has 0 spiro atoms. The minimum Gasteiger partial charge on any atom is -0.497 e. The molecule has 2 aliphatic rings. The van der Waals surface area contributed by atoms with Crippen molar-refractivity contribution in [1.29, 1.82) is 0 Å². The van der Waals surface area contributed by atoms with Gasteiger partial charge < -0.3 is 14.8 Å². The quantitative estimate of drug-likeness (QED) is 0.712. The third-order valence-corrected chi connectivity index (χ3v) is 5.88. The summed E-state index contributed by atoms with van der Waals surface area (Å²) >= 11 is 0. The second-order valence-corrected chi connectivity index (χ2v) is 7.68. The maximum absolute atomic E-state index is 12.9. The summed E-state index contributed by atoms with van der Waals surface area (Å²) in [7, 11) is 3.27. The number of imide groups is 1. The highest BCUT2D eigenvalue weighted by atomic mass is 16.5. The zero-order valence-corrected chi connectivity index (χ0v) is 17.3. The number of amides is 3. The minimum atomic E-state index is -0.517. The lowest BCUT2D eigenvalue weighted by atomic mass is 10.0. The first kappa shape index (κ1) is 20.2. The molecule has 2 saturated heterocycles. The molecule has 0 saturated carbocycles. The molecule has 0 aliphatic carbocycles. The van der Waals surface area contributed by atoms with E-state index in [-0.39, 0.29) is 24.6 Å². The van der Waals surface area contributed by atoms with Gasteiger partial charge in [0.2, 0.25) is 0 Å². The van der Waals surface area contributed by atoms with Crippen molar-refractivity contribution in [3.8, 4) is 11.5 Å². The second kappa shape index (κ2) is 8.75. The molecule has 30 heavy (non-hydrogen) atoms. The highest BCUT2D eigenvalue weighted by Crippen LogP contribution is 2.38. The Hall–Kier alpha value is -3.06. The van der Waals surface area contributed by atoms with Gasteiger partial charge in [0.15, 0.2) is 0 Å². The first-order valence-electron chi connectivity index (χ1n) is 10.2. The van der Waals surface area contributed by atoms with Crippen LogP contribution in [0.15, 0.2) is 48.5 Å². The Morgan fingerprint density at radius 3 is 2.60 bits per heavy atom. The van der Waals surface area contributed by atoms with Crippen LogP contribution in [-0.4, -0.2) is 55.2 Å². The van der Waals surface area contributed by atoms with Crippen molar-refractivity contribution in [2.45, 2.75) is 31.3 Å². The molecule has 2 unspecified atom stereocenters. The predicted octanol–water partition coefficient (Wildman–Crippen LogP) is 2.96. The number of ether oxygens (including phenoxy) is 2. The van der Waals surface area contributed by atoms with E-state index in [0.29, 0.717) is 6.42 Å². The number of urea groups is 1. The fourth-order valence-corrected chi connectivity index (χ4v) is 4.32. The highest BCUT2D eigenvalue weighted by molar-refractivity contribution is 6.04. The van der Waals surface area contributed by atoms with Crippen molar-refractivity contribution in [2.24, 2.45) is 0 Å². The maximum atomic E-state index is 12.9. The molecule has 4 rings (SSSR count). The van der Waals surface area contributed by atoms with Crippen LogP contribution in [0.1, 0.15) is 30.0 Å². The van der Waals surface area contributed by atoms with Gasteiger partial charge in [0, 0.05) is 30.6 Å². The van der Waals surface area contributed by atoms with E-state index in [9.17, 15) is 9.59 Å². The van der Waals surface area contributed by atoms with E-state index in [4.69, 9.17) is 9.47 Å².